The molecule has 2 aromatic rings. The highest BCUT2D eigenvalue weighted by Crippen LogP contribution is 2.30. The average molecular weight is 502 g/mol. The molecule has 4 amide bonds. The van der Waals surface area contributed by atoms with Gasteiger partial charge in [0.1, 0.15) is 12.2 Å². The Labute approximate surface area is 219 Å². The maximum atomic E-state index is 13.6. The SMILES string of the molecule is C#CCN1CC(=O)N2[C@@H](CCC)C(=O)N(CC(C)c3ccccc3)C[C@@H]2N1C(=O)NCc1ccccc1. The number of fused-ring (bicyclic) bond motifs is 1. The molecular formula is C29H35N5O3. The molecule has 2 aliphatic rings. The van der Waals surface area contributed by atoms with E-state index in [-0.39, 0.29) is 43.4 Å². The van der Waals surface area contributed by atoms with Gasteiger partial charge in [0.15, 0.2) is 0 Å². The lowest BCUT2D eigenvalue weighted by Gasteiger charge is -2.55. The van der Waals surface area contributed by atoms with Gasteiger partial charge in [0.2, 0.25) is 11.8 Å². The summed E-state index contributed by atoms with van der Waals surface area (Å²) in [6.45, 7) is 5.21. The predicted octanol–water partition coefficient (Wildman–Crippen LogP) is 3.03. The van der Waals surface area contributed by atoms with Gasteiger partial charge in [-0.3, -0.25) is 9.59 Å². The number of benzene rings is 2. The van der Waals surface area contributed by atoms with Gasteiger partial charge in [0.25, 0.3) is 0 Å². The summed E-state index contributed by atoms with van der Waals surface area (Å²) in [6, 6.07) is 18.7. The highest BCUT2D eigenvalue weighted by atomic mass is 16.2. The summed E-state index contributed by atoms with van der Waals surface area (Å²) in [4.78, 5) is 44.0. The molecule has 0 bridgehead atoms. The third kappa shape index (κ3) is 5.78. The molecule has 2 heterocycles. The fourth-order valence-corrected chi connectivity index (χ4v) is 5.22. The molecule has 2 aliphatic heterocycles. The number of terminal acetylenes is 1. The van der Waals surface area contributed by atoms with E-state index in [4.69, 9.17) is 6.42 Å². The number of carbonyl (C=O) groups is 3. The minimum atomic E-state index is -0.636. The van der Waals surface area contributed by atoms with Crippen LogP contribution in [0.1, 0.15) is 43.7 Å². The molecular weight excluding hydrogens is 466 g/mol. The van der Waals surface area contributed by atoms with Crippen molar-refractivity contribution in [2.45, 2.75) is 51.4 Å². The average Bonchev–Trinajstić information content (AvgIpc) is 2.91. The van der Waals surface area contributed by atoms with Crippen LogP contribution in [0, 0.1) is 12.3 Å². The smallest absolute Gasteiger partial charge is 0.334 e. The molecule has 0 aromatic heterocycles. The fourth-order valence-electron chi connectivity index (χ4n) is 5.22. The van der Waals surface area contributed by atoms with Gasteiger partial charge in [-0.05, 0) is 23.5 Å². The van der Waals surface area contributed by atoms with E-state index < -0.39 is 12.2 Å². The summed E-state index contributed by atoms with van der Waals surface area (Å²) in [5.74, 6) is 2.42. The maximum Gasteiger partial charge on any atom is 0.334 e. The molecule has 3 atom stereocenters. The second-order valence-corrected chi connectivity index (χ2v) is 9.66. The Bertz CT molecular complexity index is 1130. The molecule has 2 saturated heterocycles. The van der Waals surface area contributed by atoms with Gasteiger partial charge in [-0.25, -0.2) is 9.80 Å². The van der Waals surface area contributed by atoms with Crippen molar-refractivity contribution in [3.63, 3.8) is 0 Å². The van der Waals surface area contributed by atoms with Crippen LogP contribution in [0.2, 0.25) is 0 Å². The van der Waals surface area contributed by atoms with Gasteiger partial charge in [-0.15, -0.1) is 6.42 Å². The minimum absolute atomic E-state index is 0.0482. The van der Waals surface area contributed by atoms with E-state index in [1.807, 2.05) is 60.4 Å². The lowest BCUT2D eigenvalue weighted by molar-refractivity contribution is -0.189. The van der Waals surface area contributed by atoms with Gasteiger partial charge in [-0.2, -0.15) is 5.01 Å². The molecule has 2 fully saturated rings. The van der Waals surface area contributed by atoms with Crippen molar-refractivity contribution in [1.29, 1.82) is 0 Å². The Balaban J connectivity index is 1.62. The number of urea groups is 1. The highest BCUT2D eigenvalue weighted by molar-refractivity contribution is 5.91. The maximum absolute atomic E-state index is 13.6. The Hall–Kier alpha value is -3.83. The van der Waals surface area contributed by atoms with E-state index in [0.717, 1.165) is 17.5 Å². The van der Waals surface area contributed by atoms with Gasteiger partial charge in [-0.1, -0.05) is 86.9 Å². The third-order valence-corrected chi connectivity index (χ3v) is 7.02. The van der Waals surface area contributed by atoms with E-state index in [0.29, 0.717) is 19.5 Å². The van der Waals surface area contributed by atoms with Gasteiger partial charge >= 0.3 is 6.03 Å². The lowest BCUT2D eigenvalue weighted by atomic mass is 9.97. The van der Waals surface area contributed by atoms with Crippen molar-refractivity contribution in [2.75, 3.05) is 26.2 Å². The molecule has 4 rings (SSSR count). The fraction of sp³-hybridized carbons (Fsp3) is 0.414. The number of piperazine rings is 1. The zero-order valence-corrected chi connectivity index (χ0v) is 21.5. The largest absolute Gasteiger partial charge is 0.336 e. The minimum Gasteiger partial charge on any atom is -0.336 e. The Morgan fingerprint density at radius 2 is 1.78 bits per heavy atom. The topological polar surface area (TPSA) is 76.2 Å². The number of hydrogen-bond donors (Lipinski definition) is 1. The zero-order valence-electron chi connectivity index (χ0n) is 21.5. The van der Waals surface area contributed by atoms with Crippen LogP contribution in [-0.4, -0.2) is 76.0 Å². The molecule has 8 heteroatoms. The normalized spacial score (nSPS) is 20.8. The van der Waals surface area contributed by atoms with Crippen LogP contribution in [0.25, 0.3) is 0 Å². The standard InChI is InChI=1S/C29H35N5O3/c1-4-12-25-28(36)31(19-22(3)24-15-10-7-11-16-24)20-26-33(25)27(35)21-32(17-5-2)34(26)29(37)30-18-23-13-8-6-9-14-23/h2,6-11,13-16,22,25-26H,4,12,17-21H2,1,3H3,(H,30,37)/t22?,25-,26-/m0/s1. The third-order valence-electron chi connectivity index (χ3n) is 7.02. The zero-order chi connectivity index (χ0) is 26.4. The summed E-state index contributed by atoms with van der Waals surface area (Å²) < 4.78 is 0. The molecule has 37 heavy (non-hydrogen) atoms. The van der Waals surface area contributed by atoms with Crippen LogP contribution in [0.4, 0.5) is 4.79 Å². The van der Waals surface area contributed by atoms with E-state index in [2.05, 4.69) is 30.3 Å². The van der Waals surface area contributed by atoms with E-state index in [1.165, 1.54) is 0 Å². The van der Waals surface area contributed by atoms with Crippen molar-refractivity contribution in [3.05, 3.63) is 71.8 Å². The van der Waals surface area contributed by atoms with Gasteiger partial charge < -0.3 is 15.1 Å². The Kier molecular flexibility index (Phi) is 8.47. The Morgan fingerprint density at radius 1 is 1.11 bits per heavy atom. The summed E-state index contributed by atoms with van der Waals surface area (Å²) in [5.41, 5.74) is 2.10. The van der Waals surface area contributed by atoms with Crippen molar-refractivity contribution in [2.24, 2.45) is 0 Å². The van der Waals surface area contributed by atoms with Crippen molar-refractivity contribution in [1.82, 2.24) is 25.1 Å². The number of amides is 4. The summed E-state index contributed by atoms with van der Waals surface area (Å²) >= 11 is 0. The molecule has 1 N–H and O–H groups in total. The summed E-state index contributed by atoms with van der Waals surface area (Å²) in [6.07, 6.45) is 6.25. The van der Waals surface area contributed by atoms with Crippen molar-refractivity contribution in [3.8, 4) is 12.3 Å². The first-order valence-corrected chi connectivity index (χ1v) is 12.9. The van der Waals surface area contributed by atoms with Gasteiger partial charge in [0.05, 0.1) is 19.6 Å². The first-order chi connectivity index (χ1) is 17.9. The molecule has 0 spiro atoms. The molecule has 0 radical (unpaired) electrons. The number of hydrazine groups is 1. The number of nitrogens with zero attached hydrogens (tertiary/aromatic N) is 4. The van der Waals surface area contributed by atoms with E-state index in [9.17, 15) is 14.4 Å². The van der Waals surface area contributed by atoms with Gasteiger partial charge in [0, 0.05) is 13.1 Å². The highest BCUT2D eigenvalue weighted by Gasteiger charge is 2.51. The molecule has 1 unspecified atom stereocenters. The molecule has 0 aliphatic carbocycles. The first kappa shape index (κ1) is 26.2. The summed E-state index contributed by atoms with van der Waals surface area (Å²) in [5, 5.41) is 6.15. The Morgan fingerprint density at radius 3 is 2.43 bits per heavy atom. The monoisotopic (exact) mass is 501 g/mol. The van der Waals surface area contributed by atoms with E-state index in [1.54, 1.807) is 14.9 Å². The predicted molar refractivity (Wildman–Crippen MR) is 142 cm³/mol. The lowest BCUT2D eigenvalue weighted by Crippen LogP contribution is -2.76. The van der Waals surface area contributed by atoms with Crippen LogP contribution in [0.5, 0.6) is 0 Å². The van der Waals surface area contributed by atoms with Crippen molar-refractivity contribution < 1.29 is 14.4 Å². The second-order valence-electron chi connectivity index (χ2n) is 9.66. The molecule has 0 saturated carbocycles. The number of nitrogens with one attached hydrogen (secondary N) is 1. The summed E-state index contributed by atoms with van der Waals surface area (Å²) in [7, 11) is 0. The van der Waals surface area contributed by atoms with Crippen LogP contribution >= 0.6 is 0 Å². The number of hydrogen-bond acceptors (Lipinski definition) is 4. The number of carbonyl (C=O) groups excluding carboxylic acids is 3. The van der Waals surface area contributed by atoms with E-state index >= 15 is 0 Å². The first-order valence-electron chi connectivity index (χ1n) is 12.9. The van der Waals surface area contributed by atoms with Crippen LogP contribution in [0.3, 0.4) is 0 Å². The molecule has 8 nitrogen and oxygen atoms in total. The molecule has 194 valence electrons. The van der Waals surface area contributed by atoms with Crippen LogP contribution in [0.15, 0.2) is 60.7 Å². The second kappa shape index (κ2) is 11.9. The van der Waals surface area contributed by atoms with Crippen LogP contribution < -0.4 is 5.32 Å². The van der Waals surface area contributed by atoms with Crippen LogP contribution in [-0.2, 0) is 16.1 Å². The quantitative estimate of drug-likeness (QED) is 0.565. The number of rotatable bonds is 8. The van der Waals surface area contributed by atoms with Crippen molar-refractivity contribution >= 4 is 17.8 Å². The molecule has 2 aromatic carbocycles.